The maximum atomic E-state index is 9.01. The number of rotatable bonds is 5. The van der Waals surface area contributed by atoms with Gasteiger partial charge in [-0.1, -0.05) is 11.2 Å². The average Bonchev–Trinajstić information content (AvgIpc) is 2.25. The summed E-state index contributed by atoms with van der Waals surface area (Å²) in [6, 6.07) is 5.46. The van der Waals surface area contributed by atoms with Crippen molar-refractivity contribution in [2.75, 3.05) is 12.5 Å². The van der Waals surface area contributed by atoms with E-state index in [1.165, 1.54) is 6.21 Å². The maximum Gasteiger partial charge on any atom is 0.144 e. The molecule has 0 fully saturated rings. The number of nitrogens with zero attached hydrogens (tertiary/aromatic N) is 2. The van der Waals surface area contributed by atoms with Crippen LogP contribution < -0.4 is 0 Å². The standard InChI is InChI=1S/C9H11ClN2O2/c10-5-9(13)7-14-12-6-8-3-1-2-4-11-8/h1-4,6,9,13H,5,7H2/b12-6+. The second kappa shape index (κ2) is 6.34. The third-order valence-electron chi connectivity index (χ3n) is 1.39. The molecule has 5 heteroatoms. The lowest BCUT2D eigenvalue weighted by atomic mass is 10.4. The zero-order valence-electron chi connectivity index (χ0n) is 7.51. The van der Waals surface area contributed by atoms with Gasteiger partial charge in [-0.3, -0.25) is 4.98 Å². The molecule has 76 valence electrons. The molecule has 1 unspecified atom stereocenters. The summed E-state index contributed by atoms with van der Waals surface area (Å²) in [4.78, 5) is 8.78. The van der Waals surface area contributed by atoms with Crippen molar-refractivity contribution in [3.05, 3.63) is 30.1 Å². The minimum atomic E-state index is -0.683. The lowest BCUT2D eigenvalue weighted by molar-refractivity contribution is 0.0526. The largest absolute Gasteiger partial charge is 0.393 e. The second-order valence-electron chi connectivity index (χ2n) is 2.59. The van der Waals surface area contributed by atoms with E-state index in [1.807, 2.05) is 12.1 Å². The number of aliphatic hydroxyl groups is 1. The van der Waals surface area contributed by atoms with Crippen molar-refractivity contribution in [2.24, 2.45) is 5.16 Å². The Morgan fingerprint density at radius 2 is 2.50 bits per heavy atom. The van der Waals surface area contributed by atoms with Gasteiger partial charge in [0.2, 0.25) is 0 Å². The number of oxime groups is 1. The Bertz CT molecular complexity index is 279. The van der Waals surface area contributed by atoms with Gasteiger partial charge < -0.3 is 9.94 Å². The van der Waals surface area contributed by atoms with Crippen molar-refractivity contribution < 1.29 is 9.94 Å². The molecule has 1 aromatic heterocycles. The number of aromatic nitrogens is 1. The maximum absolute atomic E-state index is 9.01. The first-order chi connectivity index (χ1) is 6.83. The van der Waals surface area contributed by atoms with Crippen LogP contribution in [0.5, 0.6) is 0 Å². The van der Waals surface area contributed by atoms with Crippen LogP contribution >= 0.6 is 11.6 Å². The molecule has 1 N–H and O–H groups in total. The first kappa shape index (κ1) is 10.9. The number of halogens is 1. The van der Waals surface area contributed by atoms with Crippen molar-refractivity contribution >= 4 is 17.8 Å². The normalized spacial score (nSPS) is 13.0. The summed E-state index contributed by atoms with van der Waals surface area (Å²) in [5, 5.41) is 12.6. The fraction of sp³-hybridized carbons (Fsp3) is 0.333. The van der Waals surface area contributed by atoms with E-state index in [9.17, 15) is 0 Å². The number of hydrogen-bond acceptors (Lipinski definition) is 4. The Morgan fingerprint density at radius 1 is 1.64 bits per heavy atom. The van der Waals surface area contributed by atoms with E-state index >= 15 is 0 Å². The first-order valence-electron chi connectivity index (χ1n) is 4.13. The van der Waals surface area contributed by atoms with Crippen LogP contribution in [-0.4, -0.2) is 34.9 Å². The van der Waals surface area contributed by atoms with Crippen LogP contribution in [0, 0.1) is 0 Å². The Hall–Kier alpha value is -1.13. The number of aliphatic hydroxyl groups excluding tert-OH is 1. The molecule has 4 nitrogen and oxygen atoms in total. The summed E-state index contributed by atoms with van der Waals surface area (Å²) in [6.45, 7) is 0.0901. The smallest absolute Gasteiger partial charge is 0.144 e. The van der Waals surface area contributed by atoms with Crippen molar-refractivity contribution in [2.45, 2.75) is 6.10 Å². The fourth-order valence-electron chi connectivity index (χ4n) is 0.717. The van der Waals surface area contributed by atoms with Crippen molar-refractivity contribution in [1.82, 2.24) is 4.98 Å². The Morgan fingerprint density at radius 3 is 3.14 bits per heavy atom. The monoisotopic (exact) mass is 214 g/mol. The van der Waals surface area contributed by atoms with Crippen LogP contribution in [0.25, 0.3) is 0 Å². The van der Waals surface area contributed by atoms with Gasteiger partial charge in [-0.2, -0.15) is 0 Å². The lowest BCUT2D eigenvalue weighted by Crippen LogP contribution is -2.14. The van der Waals surface area contributed by atoms with Gasteiger partial charge in [0.1, 0.15) is 12.7 Å². The van der Waals surface area contributed by atoms with Gasteiger partial charge in [-0.05, 0) is 12.1 Å². The van der Waals surface area contributed by atoms with Gasteiger partial charge in [0.05, 0.1) is 17.8 Å². The summed E-state index contributed by atoms with van der Waals surface area (Å²) in [5.41, 5.74) is 0.702. The highest BCUT2D eigenvalue weighted by atomic mass is 35.5. The molecule has 0 radical (unpaired) electrons. The number of pyridine rings is 1. The molecular formula is C9H11ClN2O2. The molecule has 0 saturated carbocycles. The van der Waals surface area contributed by atoms with Gasteiger partial charge in [0, 0.05) is 6.20 Å². The third kappa shape index (κ3) is 4.20. The first-order valence-corrected chi connectivity index (χ1v) is 4.67. The Kier molecular flexibility index (Phi) is 4.96. The lowest BCUT2D eigenvalue weighted by Gasteiger charge is -2.02. The van der Waals surface area contributed by atoms with E-state index in [0.717, 1.165) is 0 Å². The zero-order chi connectivity index (χ0) is 10.2. The molecule has 0 amide bonds. The fourth-order valence-corrected chi connectivity index (χ4v) is 0.806. The van der Waals surface area contributed by atoms with E-state index in [1.54, 1.807) is 12.3 Å². The summed E-state index contributed by atoms with van der Waals surface area (Å²) in [5.74, 6) is 0.138. The van der Waals surface area contributed by atoms with Crippen molar-refractivity contribution in [1.29, 1.82) is 0 Å². The minimum Gasteiger partial charge on any atom is -0.393 e. The minimum absolute atomic E-state index is 0.0901. The average molecular weight is 215 g/mol. The highest BCUT2D eigenvalue weighted by molar-refractivity contribution is 6.18. The second-order valence-corrected chi connectivity index (χ2v) is 2.90. The molecular weight excluding hydrogens is 204 g/mol. The number of hydrogen-bond donors (Lipinski definition) is 1. The summed E-state index contributed by atoms with van der Waals surface area (Å²) in [6.07, 6.45) is 2.45. The molecule has 0 aliphatic carbocycles. The van der Waals surface area contributed by atoms with Gasteiger partial charge in [0.15, 0.2) is 0 Å². The Balaban J connectivity index is 2.28. The predicted molar refractivity (Wildman–Crippen MR) is 54.5 cm³/mol. The van der Waals surface area contributed by atoms with Crippen LogP contribution in [0.15, 0.2) is 29.6 Å². The SMILES string of the molecule is OC(CCl)CO/N=C/c1ccccn1. The molecule has 0 bridgehead atoms. The van der Waals surface area contributed by atoms with Gasteiger partial charge in [-0.15, -0.1) is 11.6 Å². The molecule has 0 aliphatic rings. The summed E-state index contributed by atoms with van der Waals surface area (Å²) < 4.78 is 0. The molecule has 0 saturated heterocycles. The van der Waals surface area contributed by atoms with Crippen molar-refractivity contribution in [3.63, 3.8) is 0 Å². The molecule has 1 rings (SSSR count). The summed E-state index contributed by atoms with van der Waals surface area (Å²) >= 11 is 5.35. The van der Waals surface area contributed by atoms with Crippen LogP contribution in [-0.2, 0) is 4.84 Å². The Labute approximate surface area is 87.2 Å². The van der Waals surface area contributed by atoms with Crippen LogP contribution in [0.4, 0.5) is 0 Å². The molecule has 0 aromatic carbocycles. The van der Waals surface area contributed by atoms with Gasteiger partial charge in [0.25, 0.3) is 0 Å². The highest BCUT2D eigenvalue weighted by Gasteiger charge is 2.00. The molecule has 0 spiro atoms. The highest BCUT2D eigenvalue weighted by Crippen LogP contribution is 1.91. The van der Waals surface area contributed by atoms with Gasteiger partial charge in [-0.25, -0.2) is 0 Å². The van der Waals surface area contributed by atoms with Crippen LogP contribution in [0.2, 0.25) is 0 Å². The van der Waals surface area contributed by atoms with Gasteiger partial charge >= 0.3 is 0 Å². The zero-order valence-corrected chi connectivity index (χ0v) is 8.26. The quantitative estimate of drug-likeness (QED) is 0.453. The van der Waals surface area contributed by atoms with E-state index in [-0.39, 0.29) is 12.5 Å². The van der Waals surface area contributed by atoms with Crippen molar-refractivity contribution in [3.8, 4) is 0 Å². The topological polar surface area (TPSA) is 54.7 Å². The molecule has 1 aromatic rings. The predicted octanol–water partition coefficient (Wildman–Crippen LogP) is 1.03. The molecule has 1 atom stereocenters. The molecule has 1 heterocycles. The molecule has 14 heavy (non-hydrogen) atoms. The summed E-state index contributed by atoms with van der Waals surface area (Å²) in [7, 11) is 0. The van der Waals surface area contributed by atoms with Crippen LogP contribution in [0.3, 0.4) is 0 Å². The molecule has 0 aliphatic heterocycles. The van der Waals surface area contributed by atoms with E-state index in [0.29, 0.717) is 5.69 Å². The van der Waals surface area contributed by atoms with Crippen LogP contribution in [0.1, 0.15) is 5.69 Å². The third-order valence-corrected chi connectivity index (χ3v) is 1.75. The van der Waals surface area contributed by atoms with E-state index in [4.69, 9.17) is 21.5 Å². The number of alkyl halides is 1. The van der Waals surface area contributed by atoms with E-state index < -0.39 is 6.10 Å². The van der Waals surface area contributed by atoms with E-state index in [2.05, 4.69) is 10.1 Å².